The van der Waals surface area contributed by atoms with Crippen LogP contribution in [-0.4, -0.2) is 35.5 Å². The summed E-state index contributed by atoms with van der Waals surface area (Å²) in [5, 5.41) is 20.3. The van der Waals surface area contributed by atoms with Gasteiger partial charge < -0.3 is 10.0 Å². The quantitative estimate of drug-likeness (QED) is 0.483. The molecule has 1 aromatic carbocycles. The lowest BCUT2D eigenvalue weighted by Gasteiger charge is -2.20. The number of carbonyl (C=O) groups excluding carboxylic acids is 1. The van der Waals surface area contributed by atoms with E-state index in [1.165, 1.54) is 13.0 Å². The van der Waals surface area contributed by atoms with E-state index < -0.39 is 11.0 Å². The molecular weight excluding hydrogens is 248 g/mol. The van der Waals surface area contributed by atoms with Gasteiger partial charge in [0.1, 0.15) is 5.69 Å². The predicted octanol–water partition coefficient (Wildman–Crippen LogP) is 2.00. The molecule has 1 aromatic rings. The van der Waals surface area contributed by atoms with E-state index in [9.17, 15) is 20.0 Å². The second-order valence-corrected chi connectivity index (χ2v) is 4.58. The molecule has 0 aliphatic heterocycles. The van der Waals surface area contributed by atoms with Crippen molar-refractivity contribution in [3.63, 3.8) is 0 Å². The van der Waals surface area contributed by atoms with Gasteiger partial charge in [0.15, 0.2) is 5.78 Å². The van der Waals surface area contributed by atoms with Crippen molar-refractivity contribution in [2.24, 2.45) is 0 Å². The first-order valence-electron chi connectivity index (χ1n) is 6.01. The molecule has 0 fully saturated rings. The Labute approximate surface area is 111 Å². The molecule has 1 atom stereocenters. The fourth-order valence-electron chi connectivity index (χ4n) is 1.71. The third kappa shape index (κ3) is 4.03. The number of nitrogens with zero attached hydrogens (tertiary/aromatic N) is 2. The van der Waals surface area contributed by atoms with Gasteiger partial charge in [0.2, 0.25) is 0 Å². The van der Waals surface area contributed by atoms with Crippen molar-refractivity contribution in [1.82, 2.24) is 0 Å². The van der Waals surface area contributed by atoms with Crippen LogP contribution in [-0.2, 0) is 0 Å². The van der Waals surface area contributed by atoms with Crippen LogP contribution in [0.2, 0.25) is 0 Å². The van der Waals surface area contributed by atoms with Crippen LogP contribution in [0.25, 0.3) is 0 Å². The average Bonchev–Trinajstić information content (AvgIpc) is 2.34. The Morgan fingerprint density at radius 3 is 2.63 bits per heavy atom. The summed E-state index contributed by atoms with van der Waals surface area (Å²) >= 11 is 0. The molecule has 0 radical (unpaired) electrons. The van der Waals surface area contributed by atoms with Gasteiger partial charge in [-0.05, 0) is 32.4 Å². The number of Topliss-reactive ketones (excluding diaryl/α,β-unsaturated/α-hetero) is 1. The van der Waals surface area contributed by atoms with E-state index in [0.29, 0.717) is 24.2 Å². The molecule has 1 N–H and O–H groups in total. The Balaban J connectivity index is 3.06. The Bertz CT molecular complexity index is 486. The van der Waals surface area contributed by atoms with Gasteiger partial charge in [-0.2, -0.15) is 0 Å². The number of aliphatic hydroxyl groups excluding tert-OH is 1. The summed E-state index contributed by atoms with van der Waals surface area (Å²) in [5.74, 6) is -0.207. The van der Waals surface area contributed by atoms with E-state index in [1.807, 2.05) is 0 Å². The van der Waals surface area contributed by atoms with E-state index >= 15 is 0 Å². The first-order chi connectivity index (χ1) is 8.82. The zero-order chi connectivity index (χ0) is 14.6. The van der Waals surface area contributed by atoms with Gasteiger partial charge in [-0.15, -0.1) is 0 Å². The van der Waals surface area contributed by atoms with E-state index in [-0.39, 0.29) is 11.5 Å². The number of aliphatic hydroxyl groups is 1. The number of hydrogen-bond donors (Lipinski definition) is 1. The molecule has 0 aliphatic carbocycles. The predicted molar refractivity (Wildman–Crippen MR) is 72.7 cm³/mol. The Hall–Kier alpha value is -1.95. The van der Waals surface area contributed by atoms with Crippen molar-refractivity contribution in [2.45, 2.75) is 26.4 Å². The molecule has 0 spiro atoms. The molecule has 0 aromatic heterocycles. The second-order valence-electron chi connectivity index (χ2n) is 4.58. The van der Waals surface area contributed by atoms with Crippen molar-refractivity contribution in [1.29, 1.82) is 0 Å². The summed E-state index contributed by atoms with van der Waals surface area (Å²) in [6, 6.07) is 4.43. The standard InChI is InChI=1S/C13H18N2O4/c1-9(16)6-7-14(3)12-5-4-11(10(2)17)8-13(12)15(18)19/h4-5,8-9,16H,6-7H2,1-3H3. The van der Waals surface area contributed by atoms with Gasteiger partial charge in [-0.25, -0.2) is 0 Å². The van der Waals surface area contributed by atoms with Crippen LogP contribution in [0.5, 0.6) is 0 Å². The third-order valence-electron chi connectivity index (χ3n) is 2.87. The van der Waals surface area contributed by atoms with Crippen molar-refractivity contribution in [2.75, 3.05) is 18.5 Å². The zero-order valence-electron chi connectivity index (χ0n) is 11.3. The largest absolute Gasteiger partial charge is 0.393 e. The van der Waals surface area contributed by atoms with Crippen LogP contribution >= 0.6 is 0 Å². The highest BCUT2D eigenvalue weighted by Crippen LogP contribution is 2.28. The summed E-state index contributed by atoms with van der Waals surface area (Å²) < 4.78 is 0. The van der Waals surface area contributed by atoms with E-state index in [4.69, 9.17) is 0 Å². The molecule has 104 valence electrons. The number of hydrogen-bond acceptors (Lipinski definition) is 5. The highest BCUT2D eigenvalue weighted by Gasteiger charge is 2.19. The monoisotopic (exact) mass is 266 g/mol. The van der Waals surface area contributed by atoms with Gasteiger partial charge >= 0.3 is 0 Å². The molecular formula is C13H18N2O4. The number of nitro groups is 1. The SMILES string of the molecule is CC(=O)c1ccc(N(C)CCC(C)O)c([N+](=O)[O-])c1. The van der Waals surface area contributed by atoms with Crippen LogP contribution < -0.4 is 4.90 Å². The van der Waals surface area contributed by atoms with Crippen molar-refractivity contribution in [3.05, 3.63) is 33.9 Å². The fraction of sp³-hybridized carbons (Fsp3) is 0.462. The number of rotatable bonds is 6. The number of ketones is 1. The lowest BCUT2D eigenvalue weighted by Crippen LogP contribution is -2.22. The molecule has 19 heavy (non-hydrogen) atoms. The summed E-state index contributed by atoms with van der Waals surface area (Å²) in [7, 11) is 1.72. The minimum Gasteiger partial charge on any atom is -0.393 e. The highest BCUT2D eigenvalue weighted by molar-refractivity contribution is 5.95. The smallest absolute Gasteiger partial charge is 0.293 e. The summed E-state index contributed by atoms with van der Waals surface area (Å²) in [5.41, 5.74) is 0.663. The maximum Gasteiger partial charge on any atom is 0.293 e. The molecule has 0 bridgehead atoms. The van der Waals surface area contributed by atoms with Gasteiger partial charge in [0.25, 0.3) is 5.69 Å². The zero-order valence-corrected chi connectivity index (χ0v) is 11.3. The van der Waals surface area contributed by atoms with Gasteiger partial charge in [-0.1, -0.05) is 0 Å². The van der Waals surface area contributed by atoms with Gasteiger partial charge in [-0.3, -0.25) is 14.9 Å². The number of anilines is 1. The molecule has 0 aliphatic rings. The second kappa shape index (κ2) is 6.29. The van der Waals surface area contributed by atoms with Gasteiger partial charge in [0, 0.05) is 25.2 Å². The minimum atomic E-state index is -0.499. The Morgan fingerprint density at radius 1 is 1.53 bits per heavy atom. The Morgan fingerprint density at radius 2 is 2.16 bits per heavy atom. The van der Waals surface area contributed by atoms with Crippen LogP contribution in [0, 0.1) is 10.1 Å². The molecule has 0 saturated heterocycles. The lowest BCUT2D eigenvalue weighted by atomic mass is 10.1. The van der Waals surface area contributed by atoms with Crippen molar-refractivity contribution < 1.29 is 14.8 Å². The molecule has 0 saturated carbocycles. The maximum atomic E-state index is 11.2. The number of carbonyl (C=O) groups is 1. The summed E-state index contributed by atoms with van der Waals surface area (Å²) in [6.07, 6.45) is 0.0558. The highest BCUT2D eigenvalue weighted by atomic mass is 16.6. The summed E-state index contributed by atoms with van der Waals surface area (Å²) in [4.78, 5) is 23.5. The first-order valence-corrected chi connectivity index (χ1v) is 6.01. The number of benzene rings is 1. The van der Waals surface area contributed by atoms with Crippen LogP contribution in [0.4, 0.5) is 11.4 Å². The molecule has 6 heteroatoms. The Kier molecular flexibility index (Phi) is 5.00. The molecule has 0 amide bonds. The van der Waals surface area contributed by atoms with E-state index in [1.54, 1.807) is 31.0 Å². The number of nitro benzene ring substituents is 1. The molecule has 0 heterocycles. The average molecular weight is 266 g/mol. The maximum absolute atomic E-state index is 11.2. The van der Waals surface area contributed by atoms with Crippen LogP contribution in [0.1, 0.15) is 30.6 Å². The van der Waals surface area contributed by atoms with Crippen molar-refractivity contribution in [3.8, 4) is 0 Å². The third-order valence-corrected chi connectivity index (χ3v) is 2.87. The van der Waals surface area contributed by atoms with Crippen molar-refractivity contribution >= 4 is 17.2 Å². The molecule has 1 rings (SSSR count). The van der Waals surface area contributed by atoms with E-state index in [0.717, 1.165) is 0 Å². The van der Waals surface area contributed by atoms with Gasteiger partial charge in [0.05, 0.1) is 11.0 Å². The van der Waals surface area contributed by atoms with Crippen LogP contribution in [0.3, 0.4) is 0 Å². The topological polar surface area (TPSA) is 83.7 Å². The first kappa shape index (κ1) is 15.1. The normalized spacial score (nSPS) is 12.0. The van der Waals surface area contributed by atoms with Crippen LogP contribution in [0.15, 0.2) is 18.2 Å². The minimum absolute atomic E-state index is 0.0965. The summed E-state index contributed by atoms with van der Waals surface area (Å²) in [6.45, 7) is 3.54. The molecule has 1 unspecified atom stereocenters. The molecule has 6 nitrogen and oxygen atoms in total. The lowest BCUT2D eigenvalue weighted by molar-refractivity contribution is -0.384. The fourth-order valence-corrected chi connectivity index (χ4v) is 1.71. The van der Waals surface area contributed by atoms with E-state index in [2.05, 4.69) is 0 Å².